The molecule has 1 fully saturated rings. The molecule has 3 heterocycles. The lowest BCUT2D eigenvalue weighted by Crippen LogP contribution is -2.47. The fourth-order valence-corrected chi connectivity index (χ4v) is 4.85. The normalized spacial score (nSPS) is 17.0. The molecule has 5 rings (SSSR count). The van der Waals surface area contributed by atoms with Crippen LogP contribution in [0.5, 0.6) is 0 Å². The average molecular weight is 419 g/mol. The van der Waals surface area contributed by atoms with Crippen LogP contribution in [0.25, 0.3) is 10.8 Å². The van der Waals surface area contributed by atoms with E-state index in [4.69, 9.17) is 4.42 Å². The molecule has 0 bridgehead atoms. The van der Waals surface area contributed by atoms with Gasteiger partial charge in [0.15, 0.2) is 0 Å². The van der Waals surface area contributed by atoms with Gasteiger partial charge in [-0.3, -0.25) is 4.90 Å². The molecule has 31 heavy (non-hydrogen) atoms. The van der Waals surface area contributed by atoms with Crippen molar-refractivity contribution < 1.29 is 4.42 Å². The average Bonchev–Trinajstić information content (AvgIpc) is 2.82. The van der Waals surface area contributed by atoms with Crippen LogP contribution < -0.4 is 15.8 Å². The molecule has 1 aliphatic heterocycles. The number of rotatable bonds is 6. The Balaban J connectivity index is 1.12. The van der Waals surface area contributed by atoms with Gasteiger partial charge < -0.3 is 14.6 Å². The molecule has 162 valence electrons. The van der Waals surface area contributed by atoms with Crippen molar-refractivity contribution in [1.82, 2.24) is 9.88 Å². The Kier molecular flexibility index (Phi) is 5.89. The van der Waals surface area contributed by atoms with Gasteiger partial charge in [-0.05, 0) is 43.7 Å². The Morgan fingerprint density at radius 3 is 2.77 bits per heavy atom. The third-order valence-electron chi connectivity index (χ3n) is 6.52. The van der Waals surface area contributed by atoms with E-state index in [9.17, 15) is 4.79 Å². The number of nitrogens with zero attached hydrogens (tertiary/aromatic N) is 3. The summed E-state index contributed by atoms with van der Waals surface area (Å²) in [6.45, 7) is 6.04. The highest BCUT2D eigenvalue weighted by Gasteiger charge is 2.20. The lowest BCUT2D eigenvalue weighted by molar-refractivity contribution is 0.257. The van der Waals surface area contributed by atoms with Crippen molar-refractivity contribution in [3.05, 3.63) is 64.3 Å². The zero-order valence-corrected chi connectivity index (χ0v) is 18.0. The predicted molar refractivity (Wildman–Crippen MR) is 125 cm³/mol. The number of aromatic nitrogens is 1. The van der Waals surface area contributed by atoms with Gasteiger partial charge in [0.05, 0.1) is 0 Å². The number of fused-ring (bicyclic) bond motifs is 2. The van der Waals surface area contributed by atoms with E-state index in [-0.39, 0.29) is 5.63 Å². The summed E-state index contributed by atoms with van der Waals surface area (Å²) in [6.07, 6.45) is 7.15. The van der Waals surface area contributed by atoms with Crippen molar-refractivity contribution in [2.45, 2.75) is 32.1 Å². The first-order valence-corrected chi connectivity index (χ1v) is 11.5. The van der Waals surface area contributed by atoms with Crippen molar-refractivity contribution >= 4 is 22.3 Å². The fourth-order valence-electron chi connectivity index (χ4n) is 4.85. The largest absolute Gasteiger partial charge is 0.427 e. The van der Waals surface area contributed by atoms with Crippen LogP contribution in [0.4, 0.5) is 11.5 Å². The lowest BCUT2D eigenvalue weighted by Gasteiger charge is -2.36. The van der Waals surface area contributed by atoms with Gasteiger partial charge in [0.1, 0.15) is 11.6 Å². The van der Waals surface area contributed by atoms with Gasteiger partial charge >= 0.3 is 5.63 Å². The van der Waals surface area contributed by atoms with E-state index in [1.807, 2.05) is 6.20 Å². The van der Waals surface area contributed by atoms with Crippen LogP contribution in [0.1, 0.15) is 30.6 Å². The summed E-state index contributed by atoms with van der Waals surface area (Å²) in [5.41, 5.74) is 1.96. The highest BCUT2D eigenvalue weighted by Crippen LogP contribution is 2.27. The van der Waals surface area contributed by atoms with E-state index in [0.717, 1.165) is 82.2 Å². The van der Waals surface area contributed by atoms with Crippen LogP contribution in [-0.4, -0.2) is 49.2 Å². The molecule has 1 aliphatic carbocycles. The molecular formula is C25H30N4O2. The Morgan fingerprint density at radius 2 is 1.87 bits per heavy atom. The van der Waals surface area contributed by atoms with Gasteiger partial charge in [0.2, 0.25) is 0 Å². The zero-order chi connectivity index (χ0) is 21.0. The second kappa shape index (κ2) is 9.10. The van der Waals surface area contributed by atoms with Gasteiger partial charge in [-0.1, -0.05) is 24.3 Å². The molecule has 2 aliphatic rings. The van der Waals surface area contributed by atoms with Gasteiger partial charge in [-0.25, -0.2) is 9.78 Å². The topological polar surface area (TPSA) is 61.6 Å². The molecular weight excluding hydrogens is 388 g/mol. The van der Waals surface area contributed by atoms with Crippen molar-refractivity contribution in [1.29, 1.82) is 0 Å². The van der Waals surface area contributed by atoms with Gasteiger partial charge in [-0.2, -0.15) is 0 Å². The number of pyridine rings is 1. The Morgan fingerprint density at radius 1 is 1.03 bits per heavy atom. The summed E-state index contributed by atoms with van der Waals surface area (Å²) in [5.74, 6) is 1.99. The quantitative estimate of drug-likeness (QED) is 0.616. The van der Waals surface area contributed by atoms with Crippen LogP contribution in [0.3, 0.4) is 0 Å². The summed E-state index contributed by atoms with van der Waals surface area (Å²) in [7, 11) is 0. The van der Waals surface area contributed by atoms with E-state index >= 15 is 0 Å². The van der Waals surface area contributed by atoms with E-state index in [2.05, 4.69) is 50.4 Å². The minimum absolute atomic E-state index is 0.235. The minimum atomic E-state index is -0.235. The second-order valence-corrected chi connectivity index (χ2v) is 8.55. The molecule has 6 nitrogen and oxygen atoms in total. The Bertz CT molecular complexity index is 1100. The van der Waals surface area contributed by atoms with Crippen LogP contribution in [0, 0.1) is 0 Å². The number of nitrogens with one attached hydrogen (secondary N) is 1. The Hall–Kier alpha value is -2.86. The highest BCUT2D eigenvalue weighted by atomic mass is 16.4. The number of benzene rings is 1. The van der Waals surface area contributed by atoms with Crippen molar-refractivity contribution in [3.63, 3.8) is 0 Å². The number of hydrogen-bond acceptors (Lipinski definition) is 6. The molecule has 0 saturated carbocycles. The first-order chi connectivity index (χ1) is 15.3. The molecule has 1 saturated heterocycles. The van der Waals surface area contributed by atoms with Crippen LogP contribution in [0.15, 0.2) is 51.8 Å². The summed E-state index contributed by atoms with van der Waals surface area (Å²) in [6, 6.07) is 12.2. The number of aryl methyl sites for hydroxylation is 1. The van der Waals surface area contributed by atoms with Crippen LogP contribution >= 0.6 is 0 Å². The number of piperazine rings is 1. The SMILES string of the molecule is O=c1cc(NCCCN2CCN(c3nccc4ccccc34)CC2)c2c(o1)CCCC2. The summed E-state index contributed by atoms with van der Waals surface area (Å²) < 4.78 is 5.40. The van der Waals surface area contributed by atoms with Crippen LogP contribution in [0.2, 0.25) is 0 Å². The summed E-state index contributed by atoms with van der Waals surface area (Å²) >= 11 is 0. The highest BCUT2D eigenvalue weighted by molar-refractivity contribution is 5.92. The first kappa shape index (κ1) is 20.1. The lowest BCUT2D eigenvalue weighted by atomic mass is 9.96. The maximum absolute atomic E-state index is 11.8. The second-order valence-electron chi connectivity index (χ2n) is 8.55. The van der Waals surface area contributed by atoms with Crippen molar-refractivity contribution in [2.24, 2.45) is 0 Å². The molecule has 0 atom stereocenters. The third kappa shape index (κ3) is 4.44. The fraction of sp³-hybridized carbons (Fsp3) is 0.440. The van der Waals surface area contributed by atoms with E-state index in [1.165, 1.54) is 22.8 Å². The molecule has 0 spiro atoms. The number of hydrogen-bond donors (Lipinski definition) is 1. The molecule has 1 N–H and O–H groups in total. The van der Waals surface area contributed by atoms with E-state index in [1.54, 1.807) is 6.07 Å². The third-order valence-corrected chi connectivity index (χ3v) is 6.52. The monoisotopic (exact) mass is 418 g/mol. The molecule has 0 unspecified atom stereocenters. The number of anilines is 2. The maximum atomic E-state index is 11.8. The Labute approximate surface area is 182 Å². The van der Waals surface area contributed by atoms with E-state index < -0.39 is 0 Å². The maximum Gasteiger partial charge on any atom is 0.337 e. The smallest absolute Gasteiger partial charge is 0.337 e. The first-order valence-electron chi connectivity index (χ1n) is 11.5. The van der Waals surface area contributed by atoms with Gasteiger partial charge in [0, 0.05) is 68.0 Å². The summed E-state index contributed by atoms with van der Waals surface area (Å²) in [5, 5.41) is 5.98. The molecule has 0 radical (unpaired) electrons. The predicted octanol–water partition coefficient (Wildman–Crippen LogP) is 3.69. The molecule has 3 aromatic rings. The van der Waals surface area contributed by atoms with Crippen LogP contribution in [-0.2, 0) is 12.8 Å². The van der Waals surface area contributed by atoms with E-state index in [0.29, 0.717) is 0 Å². The zero-order valence-electron chi connectivity index (χ0n) is 18.0. The van der Waals surface area contributed by atoms with Crippen molar-refractivity contribution in [2.75, 3.05) is 49.5 Å². The van der Waals surface area contributed by atoms with Crippen molar-refractivity contribution in [3.8, 4) is 0 Å². The molecule has 2 aromatic heterocycles. The minimum Gasteiger partial charge on any atom is -0.427 e. The molecule has 0 amide bonds. The van der Waals surface area contributed by atoms with Gasteiger partial charge in [0.25, 0.3) is 0 Å². The molecule has 1 aromatic carbocycles. The molecule has 6 heteroatoms. The van der Waals surface area contributed by atoms with Gasteiger partial charge in [-0.15, -0.1) is 0 Å². The standard InChI is InChI=1S/C25H30N4O2/c30-24-18-22(21-8-3-4-9-23(21)31-24)26-11-5-13-28-14-16-29(17-15-28)25-20-7-2-1-6-19(20)10-12-27-25/h1-2,6-7,10,12,18,26H,3-5,8-9,11,13-17H2. The summed E-state index contributed by atoms with van der Waals surface area (Å²) in [4.78, 5) is 21.5.